The van der Waals surface area contributed by atoms with E-state index >= 15 is 0 Å². The Kier molecular flexibility index (Phi) is 5.36. The average Bonchev–Trinajstić information content (AvgIpc) is 3.44. The second kappa shape index (κ2) is 7.55. The summed E-state index contributed by atoms with van der Waals surface area (Å²) in [5.74, 6) is -0.496. The van der Waals surface area contributed by atoms with Crippen LogP contribution in [0.3, 0.4) is 0 Å². The molecule has 142 valence electrons. The van der Waals surface area contributed by atoms with E-state index in [1.807, 2.05) is 61.5 Å². The number of carbonyl (C=O) groups excluding carboxylic acids is 2. The smallest absolute Gasteiger partial charge is 0.230 e. The number of anilines is 2. The highest BCUT2D eigenvalue weighted by Crippen LogP contribution is 2.41. The van der Waals surface area contributed by atoms with Gasteiger partial charge in [0.15, 0.2) is 0 Å². The third kappa shape index (κ3) is 4.38. The van der Waals surface area contributed by atoms with Crippen LogP contribution in [0.25, 0.3) is 0 Å². The predicted molar refractivity (Wildman–Crippen MR) is 110 cm³/mol. The summed E-state index contributed by atoms with van der Waals surface area (Å²) in [6.45, 7) is 9.04. The number of nitrogens with one attached hydrogen (secondary N) is 1. The fourth-order valence-corrected chi connectivity index (χ4v) is 3.32. The van der Waals surface area contributed by atoms with E-state index in [9.17, 15) is 9.59 Å². The van der Waals surface area contributed by atoms with E-state index in [1.165, 1.54) is 5.56 Å². The van der Waals surface area contributed by atoms with Crippen molar-refractivity contribution in [3.63, 3.8) is 0 Å². The predicted octanol–water partition coefficient (Wildman–Crippen LogP) is 4.61. The molecule has 2 aromatic carbocycles. The topological polar surface area (TPSA) is 49.4 Å². The van der Waals surface area contributed by atoms with Crippen molar-refractivity contribution in [3.05, 3.63) is 60.2 Å². The zero-order valence-corrected chi connectivity index (χ0v) is 16.5. The molecule has 1 aliphatic carbocycles. The van der Waals surface area contributed by atoms with Gasteiger partial charge in [-0.2, -0.15) is 0 Å². The van der Waals surface area contributed by atoms with Crippen molar-refractivity contribution in [2.45, 2.75) is 39.5 Å². The maximum Gasteiger partial charge on any atom is 0.230 e. The minimum absolute atomic E-state index is 0.0342. The highest BCUT2D eigenvalue weighted by molar-refractivity contribution is 6.04. The molecule has 0 radical (unpaired) electrons. The molecule has 4 nitrogen and oxygen atoms in total. The van der Waals surface area contributed by atoms with Gasteiger partial charge in [-0.15, -0.1) is 0 Å². The molecule has 2 aromatic rings. The summed E-state index contributed by atoms with van der Waals surface area (Å²) >= 11 is 0. The first kappa shape index (κ1) is 19.2. The van der Waals surface area contributed by atoms with Crippen molar-refractivity contribution in [1.82, 2.24) is 0 Å². The fourth-order valence-electron chi connectivity index (χ4n) is 3.32. The molecule has 4 heteroatoms. The lowest BCUT2D eigenvalue weighted by molar-refractivity contribution is -0.123. The molecule has 0 heterocycles. The number of carbonyl (C=O) groups is 2. The Morgan fingerprint density at radius 2 is 1.63 bits per heavy atom. The molecule has 0 aliphatic heterocycles. The largest absolute Gasteiger partial charge is 0.326 e. The molecule has 2 unspecified atom stereocenters. The van der Waals surface area contributed by atoms with Gasteiger partial charge in [-0.25, -0.2) is 0 Å². The van der Waals surface area contributed by atoms with E-state index in [2.05, 4.69) is 26.1 Å². The Labute approximate surface area is 161 Å². The summed E-state index contributed by atoms with van der Waals surface area (Å²) < 4.78 is 0. The lowest BCUT2D eigenvalue weighted by Crippen LogP contribution is -2.33. The second-order valence-corrected chi connectivity index (χ2v) is 8.18. The summed E-state index contributed by atoms with van der Waals surface area (Å²) in [6, 6.07) is 17.6. The van der Waals surface area contributed by atoms with Crippen LogP contribution >= 0.6 is 0 Å². The van der Waals surface area contributed by atoms with Crippen LogP contribution in [-0.4, -0.2) is 18.4 Å². The normalized spacial score (nSPS) is 18.7. The highest BCUT2D eigenvalue weighted by atomic mass is 16.2. The summed E-state index contributed by atoms with van der Waals surface area (Å²) in [7, 11) is 0. The third-order valence-electron chi connectivity index (χ3n) is 5.11. The van der Waals surface area contributed by atoms with Crippen LogP contribution in [0.5, 0.6) is 0 Å². The highest BCUT2D eigenvalue weighted by Gasteiger charge is 2.49. The van der Waals surface area contributed by atoms with Crippen molar-refractivity contribution in [2.75, 3.05) is 16.8 Å². The van der Waals surface area contributed by atoms with Gasteiger partial charge in [-0.1, -0.05) is 51.1 Å². The zero-order valence-electron chi connectivity index (χ0n) is 16.5. The molecule has 2 amide bonds. The molecule has 0 bridgehead atoms. The van der Waals surface area contributed by atoms with Crippen LogP contribution in [0.1, 0.15) is 39.7 Å². The molecule has 0 spiro atoms. The lowest BCUT2D eigenvalue weighted by atomic mass is 9.87. The number of hydrogen-bond acceptors (Lipinski definition) is 2. The summed E-state index contributed by atoms with van der Waals surface area (Å²) in [6.07, 6.45) is 0.619. The monoisotopic (exact) mass is 364 g/mol. The molecular formula is C23H28N2O2. The Morgan fingerprint density at radius 1 is 1.00 bits per heavy atom. The van der Waals surface area contributed by atoms with Gasteiger partial charge in [0.25, 0.3) is 0 Å². The number of nitrogens with zero attached hydrogens (tertiary/aromatic N) is 1. The van der Waals surface area contributed by atoms with Crippen LogP contribution < -0.4 is 10.2 Å². The lowest BCUT2D eigenvalue weighted by Gasteiger charge is -2.21. The van der Waals surface area contributed by atoms with Crippen LogP contribution in [0.2, 0.25) is 0 Å². The maximum absolute atomic E-state index is 12.8. The van der Waals surface area contributed by atoms with Crippen LogP contribution in [0.4, 0.5) is 11.4 Å². The molecule has 1 fully saturated rings. The van der Waals surface area contributed by atoms with Crippen LogP contribution in [0, 0.1) is 11.8 Å². The molecule has 1 aliphatic rings. The number of benzene rings is 2. The summed E-state index contributed by atoms with van der Waals surface area (Å²) in [4.78, 5) is 27.1. The number of para-hydroxylation sites is 1. The van der Waals surface area contributed by atoms with E-state index in [0.717, 1.165) is 11.4 Å². The first-order valence-corrected chi connectivity index (χ1v) is 9.59. The summed E-state index contributed by atoms with van der Waals surface area (Å²) in [5, 5.41) is 2.95. The first-order chi connectivity index (χ1) is 12.8. The van der Waals surface area contributed by atoms with Gasteiger partial charge < -0.3 is 10.2 Å². The molecule has 2 atom stereocenters. The van der Waals surface area contributed by atoms with Gasteiger partial charge >= 0.3 is 0 Å². The molecule has 0 aromatic heterocycles. The zero-order chi connectivity index (χ0) is 19.6. The molecular weight excluding hydrogens is 336 g/mol. The van der Waals surface area contributed by atoms with E-state index in [0.29, 0.717) is 13.0 Å². The Hall–Kier alpha value is -2.62. The van der Waals surface area contributed by atoms with E-state index in [-0.39, 0.29) is 29.1 Å². The van der Waals surface area contributed by atoms with Gasteiger partial charge in [0, 0.05) is 17.9 Å². The van der Waals surface area contributed by atoms with Gasteiger partial charge in [-0.3, -0.25) is 9.59 Å². The Balaban J connectivity index is 1.61. The van der Waals surface area contributed by atoms with Crippen molar-refractivity contribution >= 4 is 23.2 Å². The quantitative estimate of drug-likeness (QED) is 0.842. The van der Waals surface area contributed by atoms with Crippen molar-refractivity contribution in [1.29, 1.82) is 0 Å². The molecule has 1 saturated carbocycles. The maximum atomic E-state index is 12.8. The van der Waals surface area contributed by atoms with E-state index < -0.39 is 0 Å². The van der Waals surface area contributed by atoms with Crippen molar-refractivity contribution in [3.8, 4) is 0 Å². The van der Waals surface area contributed by atoms with Gasteiger partial charge in [-0.05, 0) is 48.6 Å². The van der Waals surface area contributed by atoms with E-state index in [4.69, 9.17) is 0 Å². The van der Waals surface area contributed by atoms with Gasteiger partial charge in [0.1, 0.15) is 0 Å². The number of rotatable bonds is 5. The third-order valence-corrected chi connectivity index (χ3v) is 5.11. The van der Waals surface area contributed by atoms with Gasteiger partial charge in [0.2, 0.25) is 11.8 Å². The Bertz CT molecular complexity index is 807. The minimum Gasteiger partial charge on any atom is -0.326 e. The first-order valence-electron chi connectivity index (χ1n) is 9.59. The number of amides is 2. The fraction of sp³-hybridized carbons (Fsp3) is 0.391. The van der Waals surface area contributed by atoms with Crippen LogP contribution in [-0.2, 0) is 15.0 Å². The van der Waals surface area contributed by atoms with Crippen molar-refractivity contribution in [2.24, 2.45) is 11.8 Å². The number of hydrogen-bond donors (Lipinski definition) is 1. The molecule has 0 saturated heterocycles. The standard InChI is InChI=1S/C23H28N2O2/c1-5-25(18-9-7-6-8-10-18)22(27)20-15-19(20)21(26)24-17-13-11-16(12-14-17)23(2,3)4/h6-14,19-20H,5,15H2,1-4H3,(H,24,26). The van der Waals surface area contributed by atoms with Gasteiger partial charge in [0.05, 0.1) is 11.8 Å². The Morgan fingerprint density at radius 3 is 2.19 bits per heavy atom. The second-order valence-electron chi connectivity index (χ2n) is 8.18. The minimum atomic E-state index is -0.238. The van der Waals surface area contributed by atoms with E-state index in [1.54, 1.807) is 4.90 Å². The SMILES string of the molecule is CCN(C(=O)C1CC1C(=O)Nc1ccc(C(C)(C)C)cc1)c1ccccc1. The average molecular weight is 364 g/mol. The molecule has 27 heavy (non-hydrogen) atoms. The molecule has 1 N–H and O–H groups in total. The molecule has 3 rings (SSSR count). The van der Waals surface area contributed by atoms with Crippen molar-refractivity contribution < 1.29 is 9.59 Å². The summed E-state index contributed by atoms with van der Waals surface area (Å²) in [5.41, 5.74) is 2.97. The van der Waals surface area contributed by atoms with Crippen LogP contribution in [0.15, 0.2) is 54.6 Å².